The molecule has 0 saturated heterocycles. The Morgan fingerprint density at radius 3 is 2.65 bits per heavy atom. The van der Waals surface area contributed by atoms with Crippen molar-refractivity contribution in [3.05, 3.63) is 23.8 Å². The van der Waals surface area contributed by atoms with Gasteiger partial charge in [0.25, 0.3) is 0 Å². The lowest BCUT2D eigenvalue weighted by atomic mass is 10.1. The first-order chi connectivity index (χ1) is 9.51. The van der Waals surface area contributed by atoms with E-state index >= 15 is 0 Å². The zero-order valence-electron chi connectivity index (χ0n) is 11.4. The number of nitrogens with zero attached hydrogens (tertiary/aromatic N) is 1. The maximum Gasteiger partial charge on any atom is 0.339 e. The second kappa shape index (κ2) is 7.34. The summed E-state index contributed by atoms with van der Waals surface area (Å²) in [6.45, 7) is 3.07. The Morgan fingerprint density at radius 1 is 1.40 bits per heavy atom. The molecule has 0 fully saturated rings. The van der Waals surface area contributed by atoms with Crippen molar-refractivity contribution in [2.75, 3.05) is 32.1 Å². The lowest BCUT2D eigenvalue weighted by Crippen LogP contribution is -2.37. The number of nitrogens with one attached hydrogen (secondary N) is 1. The summed E-state index contributed by atoms with van der Waals surface area (Å²) >= 11 is 0. The highest BCUT2D eigenvalue weighted by Gasteiger charge is 2.17. The van der Waals surface area contributed by atoms with E-state index in [2.05, 4.69) is 5.32 Å². The average Bonchev–Trinajstić information content (AvgIpc) is 2.41. The average molecular weight is 282 g/mol. The number of carboxylic acid groups (broad SMARTS) is 1. The number of phenols is 1. The van der Waals surface area contributed by atoms with Crippen molar-refractivity contribution in [3.8, 4) is 5.75 Å². The van der Waals surface area contributed by atoms with Crippen molar-refractivity contribution in [2.24, 2.45) is 0 Å². The molecule has 7 nitrogen and oxygen atoms in total. The van der Waals surface area contributed by atoms with Crippen LogP contribution in [0.1, 0.15) is 17.3 Å². The number of aromatic carboxylic acids is 1. The summed E-state index contributed by atoms with van der Waals surface area (Å²) in [7, 11) is 1.54. The number of methoxy groups -OCH3 is 1. The second-order valence-corrected chi connectivity index (χ2v) is 4.01. The number of ether oxygens (including phenoxy) is 1. The molecule has 0 aliphatic heterocycles. The molecule has 3 N–H and O–H groups in total. The Bertz CT molecular complexity index is 490. The molecule has 0 aliphatic rings. The molecule has 0 saturated carbocycles. The van der Waals surface area contributed by atoms with Crippen molar-refractivity contribution in [3.63, 3.8) is 0 Å². The molecule has 0 spiro atoms. The van der Waals surface area contributed by atoms with Crippen molar-refractivity contribution in [1.82, 2.24) is 4.90 Å². The summed E-state index contributed by atoms with van der Waals surface area (Å²) in [5.74, 6) is -1.72. The topological polar surface area (TPSA) is 99.1 Å². The molecule has 2 amide bonds. The van der Waals surface area contributed by atoms with Crippen molar-refractivity contribution >= 4 is 17.7 Å². The van der Waals surface area contributed by atoms with E-state index in [4.69, 9.17) is 9.84 Å². The van der Waals surface area contributed by atoms with Gasteiger partial charge in [0.2, 0.25) is 0 Å². The van der Waals surface area contributed by atoms with E-state index in [1.807, 2.05) is 6.92 Å². The number of aromatic hydroxyl groups is 1. The van der Waals surface area contributed by atoms with Gasteiger partial charge in [-0.25, -0.2) is 9.59 Å². The predicted molar refractivity (Wildman–Crippen MR) is 73.2 cm³/mol. The number of rotatable bonds is 6. The van der Waals surface area contributed by atoms with Crippen molar-refractivity contribution < 1.29 is 24.5 Å². The summed E-state index contributed by atoms with van der Waals surface area (Å²) in [6, 6.07) is 3.71. The molecule has 0 aromatic heterocycles. The number of carbonyl (C=O) groups is 2. The van der Waals surface area contributed by atoms with Gasteiger partial charge >= 0.3 is 12.0 Å². The fourth-order valence-corrected chi connectivity index (χ4v) is 1.62. The Hall–Kier alpha value is -2.28. The normalized spacial score (nSPS) is 10.1. The van der Waals surface area contributed by atoms with E-state index in [9.17, 15) is 14.7 Å². The quantitative estimate of drug-likeness (QED) is 0.688. The largest absolute Gasteiger partial charge is 0.505 e. The third kappa shape index (κ3) is 3.86. The van der Waals surface area contributed by atoms with Crippen LogP contribution in [-0.2, 0) is 4.74 Å². The third-order valence-corrected chi connectivity index (χ3v) is 2.74. The minimum atomic E-state index is -1.26. The van der Waals surface area contributed by atoms with Crippen molar-refractivity contribution in [2.45, 2.75) is 6.92 Å². The summed E-state index contributed by atoms with van der Waals surface area (Å²) in [6.07, 6.45) is 0. The molecule has 1 rings (SSSR count). The summed E-state index contributed by atoms with van der Waals surface area (Å²) < 4.78 is 4.90. The second-order valence-electron chi connectivity index (χ2n) is 4.01. The van der Waals surface area contributed by atoms with E-state index in [0.29, 0.717) is 19.7 Å². The highest BCUT2D eigenvalue weighted by molar-refractivity contribution is 5.97. The number of hydrogen-bond acceptors (Lipinski definition) is 4. The number of para-hydroxylation sites is 1. The standard InChI is InChI=1S/C13H18N2O5/c1-3-15(7-8-20-2)13(19)14-10-6-4-5-9(11(10)16)12(17)18/h4-6,16H,3,7-8H2,1-2H3,(H,14,19)(H,17,18). The summed E-state index contributed by atoms with van der Waals surface area (Å²) in [4.78, 5) is 24.4. The number of anilines is 1. The van der Waals surface area contributed by atoms with E-state index < -0.39 is 17.7 Å². The summed E-state index contributed by atoms with van der Waals surface area (Å²) in [5.41, 5.74) is -0.200. The number of carbonyl (C=O) groups excluding carboxylic acids is 1. The number of hydrogen-bond donors (Lipinski definition) is 3. The highest BCUT2D eigenvalue weighted by atomic mass is 16.5. The molecule has 0 aliphatic carbocycles. The number of amides is 2. The van der Waals surface area contributed by atoms with Crippen LogP contribution >= 0.6 is 0 Å². The first-order valence-electron chi connectivity index (χ1n) is 6.11. The van der Waals surface area contributed by atoms with Gasteiger partial charge in [0.15, 0.2) is 5.75 Å². The van der Waals surface area contributed by atoms with Gasteiger partial charge in [0.05, 0.1) is 12.3 Å². The number of benzene rings is 1. The molecular formula is C13H18N2O5. The number of urea groups is 1. The molecule has 1 aromatic carbocycles. The first-order valence-corrected chi connectivity index (χ1v) is 6.11. The van der Waals surface area contributed by atoms with Crippen LogP contribution < -0.4 is 5.32 Å². The van der Waals surface area contributed by atoms with Crippen LogP contribution in [0.2, 0.25) is 0 Å². The van der Waals surface area contributed by atoms with Gasteiger partial charge in [0, 0.05) is 20.2 Å². The van der Waals surface area contributed by atoms with E-state index in [-0.39, 0.29) is 11.3 Å². The highest BCUT2D eigenvalue weighted by Crippen LogP contribution is 2.27. The fourth-order valence-electron chi connectivity index (χ4n) is 1.62. The molecular weight excluding hydrogens is 264 g/mol. The maximum absolute atomic E-state index is 12.0. The van der Waals surface area contributed by atoms with E-state index in [0.717, 1.165) is 0 Å². The smallest absolute Gasteiger partial charge is 0.339 e. The lowest BCUT2D eigenvalue weighted by Gasteiger charge is -2.21. The van der Waals surface area contributed by atoms with Crippen LogP contribution in [0.5, 0.6) is 5.75 Å². The van der Waals surface area contributed by atoms with Gasteiger partial charge in [-0.15, -0.1) is 0 Å². The minimum absolute atomic E-state index is 0.0609. The Morgan fingerprint density at radius 2 is 2.10 bits per heavy atom. The van der Waals surface area contributed by atoms with Crippen LogP contribution in [0.3, 0.4) is 0 Å². The van der Waals surface area contributed by atoms with E-state index in [1.54, 1.807) is 0 Å². The maximum atomic E-state index is 12.0. The Kier molecular flexibility index (Phi) is 5.79. The molecule has 7 heteroatoms. The fraction of sp³-hybridized carbons (Fsp3) is 0.385. The van der Waals surface area contributed by atoms with Crippen LogP contribution in [-0.4, -0.2) is 53.9 Å². The number of carboxylic acids is 1. The number of likely N-dealkylation sites (N-methyl/N-ethyl adjacent to an activating group) is 1. The monoisotopic (exact) mass is 282 g/mol. The molecule has 0 unspecified atom stereocenters. The third-order valence-electron chi connectivity index (χ3n) is 2.74. The van der Waals surface area contributed by atoms with Crippen LogP contribution in [0.4, 0.5) is 10.5 Å². The summed E-state index contributed by atoms with van der Waals surface area (Å²) in [5, 5.41) is 21.2. The van der Waals surface area contributed by atoms with Gasteiger partial charge in [-0.2, -0.15) is 0 Å². The Labute approximate surface area is 116 Å². The van der Waals surface area contributed by atoms with Crippen LogP contribution in [0.15, 0.2) is 18.2 Å². The predicted octanol–water partition coefficient (Wildman–Crippen LogP) is 1.59. The molecule has 0 heterocycles. The molecule has 0 radical (unpaired) electrons. The molecule has 1 aromatic rings. The first kappa shape index (κ1) is 15.8. The lowest BCUT2D eigenvalue weighted by molar-refractivity contribution is 0.0693. The minimum Gasteiger partial charge on any atom is -0.505 e. The van der Waals surface area contributed by atoms with Crippen LogP contribution in [0, 0.1) is 0 Å². The van der Waals surface area contributed by atoms with Gasteiger partial charge < -0.3 is 25.2 Å². The SMILES string of the molecule is CCN(CCOC)C(=O)Nc1cccc(C(=O)O)c1O. The zero-order valence-corrected chi connectivity index (χ0v) is 11.4. The van der Waals surface area contributed by atoms with Crippen LogP contribution in [0.25, 0.3) is 0 Å². The van der Waals surface area contributed by atoms with Gasteiger partial charge in [-0.1, -0.05) is 6.07 Å². The zero-order chi connectivity index (χ0) is 15.1. The van der Waals surface area contributed by atoms with Gasteiger partial charge in [-0.3, -0.25) is 0 Å². The Balaban J connectivity index is 2.84. The molecule has 20 heavy (non-hydrogen) atoms. The van der Waals surface area contributed by atoms with E-state index in [1.165, 1.54) is 30.2 Å². The van der Waals surface area contributed by atoms with Gasteiger partial charge in [-0.05, 0) is 19.1 Å². The van der Waals surface area contributed by atoms with Crippen molar-refractivity contribution in [1.29, 1.82) is 0 Å². The molecule has 110 valence electrons. The molecule has 0 bridgehead atoms. The molecule has 0 atom stereocenters. The van der Waals surface area contributed by atoms with Gasteiger partial charge in [0.1, 0.15) is 5.56 Å².